The molecule has 1 saturated carbocycles. The first-order valence-electron chi connectivity index (χ1n) is 10.0. The highest BCUT2D eigenvalue weighted by Crippen LogP contribution is 2.41. The van der Waals surface area contributed by atoms with Crippen molar-refractivity contribution in [3.05, 3.63) is 45.5 Å². The number of pyridine rings is 1. The van der Waals surface area contributed by atoms with E-state index in [0.717, 1.165) is 38.8 Å². The van der Waals surface area contributed by atoms with Gasteiger partial charge in [0.2, 0.25) is 5.43 Å². The Labute approximate surface area is 164 Å². The number of fused-ring (bicyclic) bond motifs is 1. The first-order chi connectivity index (χ1) is 13.5. The fourth-order valence-electron chi connectivity index (χ4n) is 3.89. The number of nitrogens with zero attached hydrogens (tertiary/aromatic N) is 2. The molecule has 0 spiro atoms. The molecule has 1 saturated heterocycles. The van der Waals surface area contributed by atoms with E-state index in [-0.39, 0.29) is 17.0 Å². The maximum Gasteiger partial charge on any atom is 0.341 e. The Balaban J connectivity index is 0.00000109. The molecule has 1 aromatic carbocycles. The largest absolute Gasteiger partial charge is 0.477 e. The van der Waals surface area contributed by atoms with Crippen molar-refractivity contribution in [2.75, 3.05) is 18.0 Å². The number of anilines is 1. The molecule has 4 rings (SSSR count). The Bertz CT molecular complexity index is 984. The third-order valence-electron chi connectivity index (χ3n) is 5.20. The van der Waals surface area contributed by atoms with E-state index in [1.165, 1.54) is 12.3 Å². The molecule has 150 valence electrons. The summed E-state index contributed by atoms with van der Waals surface area (Å²) in [5, 5.41) is 9.54. The Kier molecular flexibility index (Phi) is 5.87. The summed E-state index contributed by atoms with van der Waals surface area (Å²) in [4.78, 5) is 26.2. The van der Waals surface area contributed by atoms with Gasteiger partial charge in [0.05, 0.1) is 16.6 Å². The molecule has 0 radical (unpaired) electrons. The van der Waals surface area contributed by atoms with Gasteiger partial charge in [-0.15, -0.1) is 0 Å². The molecular weight excluding hydrogens is 359 g/mol. The monoisotopic (exact) mass is 386 g/mol. The number of rotatable bonds is 4. The maximum atomic E-state index is 15.0. The second-order valence-electron chi connectivity index (χ2n) is 7.03. The zero-order valence-electron chi connectivity index (χ0n) is 16.7. The molecule has 0 atom stereocenters. The highest BCUT2D eigenvalue weighted by Gasteiger charge is 2.30. The number of halogens is 1. The molecule has 1 N–H and O–H groups in total. The molecule has 1 aliphatic heterocycles. The first kappa shape index (κ1) is 20.1. The van der Waals surface area contributed by atoms with Gasteiger partial charge >= 0.3 is 5.97 Å². The second kappa shape index (κ2) is 8.17. The molecular formula is C22H27FN2O3. The summed E-state index contributed by atoms with van der Waals surface area (Å²) < 4.78 is 16.9. The topological polar surface area (TPSA) is 62.5 Å². The van der Waals surface area contributed by atoms with Crippen molar-refractivity contribution < 1.29 is 14.3 Å². The molecule has 5 nitrogen and oxygen atoms in total. The van der Waals surface area contributed by atoms with Crippen LogP contribution in [0.5, 0.6) is 0 Å². The van der Waals surface area contributed by atoms with E-state index in [1.807, 2.05) is 42.4 Å². The van der Waals surface area contributed by atoms with Gasteiger partial charge in [-0.05, 0) is 38.7 Å². The van der Waals surface area contributed by atoms with Gasteiger partial charge in [0.1, 0.15) is 11.4 Å². The predicted octanol–water partition coefficient (Wildman–Crippen LogP) is 4.83. The lowest BCUT2D eigenvalue weighted by Crippen LogP contribution is -2.23. The van der Waals surface area contributed by atoms with E-state index in [1.54, 1.807) is 0 Å². The Morgan fingerprint density at radius 1 is 1.25 bits per heavy atom. The van der Waals surface area contributed by atoms with Crippen molar-refractivity contribution in [1.82, 2.24) is 4.57 Å². The van der Waals surface area contributed by atoms with E-state index in [9.17, 15) is 14.7 Å². The van der Waals surface area contributed by atoms with Crippen LogP contribution in [0.25, 0.3) is 17.0 Å². The lowest BCUT2D eigenvalue weighted by atomic mass is 10.0. The quantitative estimate of drug-likeness (QED) is 0.817. The minimum Gasteiger partial charge on any atom is -0.477 e. The average Bonchev–Trinajstić information content (AvgIpc) is 3.39. The zero-order chi connectivity index (χ0) is 20.4. The van der Waals surface area contributed by atoms with E-state index in [4.69, 9.17) is 0 Å². The van der Waals surface area contributed by atoms with E-state index >= 15 is 4.39 Å². The number of benzene rings is 1. The van der Waals surface area contributed by atoms with Crippen LogP contribution in [-0.2, 0) is 0 Å². The van der Waals surface area contributed by atoms with Crippen LogP contribution in [0.2, 0.25) is 0 Å². The number of hydrogen-bond donors (Lipinski definition) is 1. The Morgan fingerprint density at radius 2 is 1.89 bits per heavy atom. The molecule has 6 heteroatoms. The van der Waals surface area contributed by atoms with Gasteiger partial charge in [0, 0.05) is 30.9 Å². The Morgan fingerprint density at radius 3 is 2.43 bits per heavy atom. The summed E-state index contributed by atoms with van der Waals surface area (Å²) in [6.07, 6.45) is 8.99. The molecule has 2 heterocycles. The lowest BCUT2D eigenvalue weighted by Gasteiger charge is -2.24. The van der Waals surface area contributed by atoms with Gasteiger partial charge < -0.3 is 14.6 Å². The fourth-order valence-corrected chi connectivity index (χ4v) is 3.89. The highest BCUT2D eigenvalue weighted by atomic mass is 19.1. The third-order valence-corrected chi connectivity index (χ3v) is 5.20. The van der Waals surface area contributed by atoms with Gasteiger partial charge in [-0.3, -0.25) is 4.79 Å². The molecule has 1 aromatic heterocycles. The number of aromatic carboxylic acids is 1. The molecule has 0 amide bonds. The van der Waals surface area contributed by atoms with Crippen molar-refractivity contribution in [1.29, 1.82) is 0 Å². The molecule has 0 bridgehead atoms. The van der Waals surface area contributed by atoms with Crippen molar-refractivity contribution in [3.63, 3.8) is 0 Å². The van der Waals surface area contributed by atoms with E-state index in [2.05, 4.69) is 0 Å². The molecule has 28 heavy (non-hydrogen) atoms. The lowest BCUT2D eigenvalue weighted by molar-refractivity contribution is 0.0695. The maximum absolute atomic E-state index is 15.0. The summed E-state index contributed by atoms with van der Waals surface area (Å²) in [5.41, 5.74) is 0.908. The zero-order valence-corrected chi connectivity index (χ0v) is 16.7. The molecule has 0 unspecified atom stereocenters. The van der Waals surface area contributed by atoms with Gasteiger partial charge in [0.15, 0.2) is 0 Å². The summed E-state index contributed by atoms with van der Waals surface area (Å²) in [5.74, 6) is -1.74. The summed E-state index contributed by atoms with van der Waals surface area (Å²) in [7, 11) is 0. The number of carboxylic acid groups (broad SMARTS) is 1. The van der Waals surface area contributed by atoms with Crippen LogP contribution in [-0.4, -0.2) is 28.7 Å². The standard InChI is InChI=1S/C20H21FN2O3.C2H6/c1-2-5-13-17-14(10-16(21)18(13)22-8-3-4-9-22)19(24)15(20(25)26)11-23(17)12-6-7-12;1-2/h2,5,10-12H,3-4,6-9H2,1H3,(H,25,26);1-2H3/b5-2-;. The van der Waals surface area contributed by atoms with Crippen molar-refractivity contribution in [2.24, 2.45) is 0 Å². The highest BCUT2D eigenvalue weighted by molar-refractivity contribution is 5.98. The molecule has 1 aliphatic carbocycles. The summed E-state index contributed by atoms with van der Waals surface area (Å²) in [6.45, 7) is 7.43. The third kappa shape index (κ3) is 3.43. The van der Waals surface area contributed by atoms with Crippen LogP contribution in [0, 0.1) is 5.82 Å². The van der Waals surface area contributed by atoms with Gasteiger partial charge in [-0.25, -0.2) is 9.18 Å². The summed E-state index contributed by atoms with van der Waals surface area (Å²) in [6, 6.07) is 1.39. The van der Waals surface area contributed by atoms with Crippen LogP contribution < -0.4 is 10.3 Å². The average molecular weight is 386 g/mol. The fraction of sp³-hybridized carbons (Fsp3) is 0.455. The minimum atomic E-state index is -1.28. The molecule has 2 aromatic rings. The SMILES string of the molecule is C/C=C\c1c(N2CCCC2)c(F)cc2c(=O)c(C(=O)O)cn(C3CC3)c12.CC. The number of allylic oxidation sites excluding steroid dienone is 1. The van der Waals surface area contributed by atoms with Crippen molar-refractivity contribution >= 4 is 28.6 Å². The van der Waals surface area contributed by atoms with Crippen LogP contribution in [0.15, 0.2) is 23.1 Å². The van der Waals surface area contributed by atoms with Crippen molar-refractivity contribution in [3.8, 4) is 0 Å². The van der Waals surface area contributed by atoms with Gasteiger partial charge in [0.25, 0.3) is 0 Å². The first-order valence-corrected chi connectivity index (χ1v) is 10.0. The minimum absolute atomic E-state index is 0.144. The number of carboxylic acids is 1. The van der Waals surface area contributed by atoms with Crippen LogP contribution in [0.4, 0.5) is 10.1 Å². The number of carbonyl (C=O) groups is 1. The normalized spacial score (nSPS) is 16.5. The molecule has 2 fully saturated rings. The summed E-state index contributed by atoms with van der Waals surface area (Å²) >= 11 is 0. The predicted molar refractivity (Wildman–Crippen MR) is 111 cm³/mol. The van der Waals surface area contributed by atoms with Crippen LogP contribution in [0.3, 0.4) is 0 Å². The van der Waals surface area contributed by atoms with Crippen molar-refractivity contribution in [2.45, 2.75) is 52.5 Å². The van der Waals surface area contributed by atoms with E-state index in [0.29, 0.717) is 16.8 Å². The van der Waals surface area contributed by atoms with Gasteiger partial charge in [-0.2, -0.15) is 0 Å². The number of hydrogen-bond acceptors (Lipinski definition) is 3. The van der Waals surface area contributed by atoms with Crippen LogP contribution >= 0.6 is 0 Å². The van der Waals surface area contributed by atoms with Gasteiger partial charge in [-0.1, -0.05) is 26.0 Å². The van der Waals surface area contributed by atoms with Crippen LogP contribution in [0.1, 0.15) is 68.4 Å². The second-order valence-corrected chi connectivity index (χ2v) is 7.03. The molecule has 2 aliphatic rings. The smallest absolute Gasteiger partial charge is 0.341 e. The van der Waals surface area contributed by atoms with E-state index < -0.39 is 17.2 Å². The number of aromatic nitrogens is 1. The Hall–Kier alpha value is -2.63.